The zero-order valence-corrected chi connectivity index (χ0v) is 10.4. The summed E-state index contributed by atoms with van der Waals surface area (Å²) < 4.78 is 64.4. The number of anilines is 1. The van der Waals surface area contributed by atoms with E-state index in [0.29, 0.717) is 0 Å². The number of hydrogen-bond acceptors (Lipinski definition) is 5. The predicted molar refractivity (Wildman–Crippen MR) is 59.0 cm³/mol. The Hall–Kier alpha value is -1.84. The number of carbonyl (C=O) groups is 1. The number of sulfonamides is 1. The summed E-state index contributed by atoms with van der Waals surface area (Å²) in [5.74, 6) is -3.20. The number of carbonyl (C=O) groups excluding carboxylic acids is 1. The minimum atomic E-state index is -4.87. The summed E-state index contributed by atoms with van der Waals surface area (Å²) in [7, 11) is -3.52. The van der Waals surface area contributed by atoms with Gasteiger partial charge in [-0.2, -0.15) is 13.2 Å². The molecular weight excluding hydrogens is 289 g/mol. The largest absolute Gasteiger partial charge is 0.465 e. The van der Waals surface area contributed by atoms with Gasteiger partial charge >= 0.3 is 12.1 Å². The SMILES string of the molecule is COC(=O)c1ccnc(NS(=O)(=O)CC(F)(F)F)c1. The average Bonchev–Trinajstić information content (AvgIpc) is 2.24. The smallest absolute Gasteiger partial charge is 0.404 e. The van der Waals surface area contributed by atoms with E-state index in [4.69, 9.17) is 0 Å². The quantitative estimate of drug-likeness (QED) is 0.843. The van der Waals surface area contributed by atoms with Crippen LogP contribution < -0.4 is 4.72 Å². The van der Waals surface area contributed by atoms with Gasteiger partial charge in [-0.1, -0.05) is 0 Å². The van der Waals surface area contributed by atoms with Gasteiger partial charge in [0.05, 0.1) is 12.7 Å². The summed E-state index contributed by atoms with van der Waals surface area (Å²) in [4.78, 5) is 14.7. The lowest BCUT2D eigenvalue weighted by Crippen LogP contribution is -2.28. The Kier molecular flexibility index (Phi) is 4.35. The van der Waals surface area contributed by atoms with Gasteiger partial charge in [0.15, 0.2) is 5.75 Å². The molecule has 0 aliphatic rings. The fraction of sp³-hybridized carbons (Fsp3) is 0.333. The molecule has 0 radical (unpaired) electrons. The second-order valence-corrected chi connectivity index (χ2v) is 5.12. The van der Waals surface area contributed by atoms with Crippen molar-refractivity contribution >= 4 is 21.8 Å². The average molecular weight is 298 g/mol. The lowest BCUT2D eigenvalue weighted by atomic mass is 10.3. The predicted octanol–water partition coefficient (Wildman–Crippen LogP) is 1.17. The number of hydrogen-bond donors (Lipinski definition) is 1. The van der Waals surface area contributed by atoms with E-state index in [9.17, 15) is 26.4 Å². The van der Waals surface area contributed by atoms with Crippen LogP contribution in [0.25, 0.3) is 0 Å². The van der Waals surface area contributed by atoms with Crippen LogP contribution in [0.3, 0.4) is 0 Å². The maximum absolute atomic E-state index is 12.0. The molecule has 0 aliphatic heterocycles. The van der Waals surface area contributed by atoms with Crippen molar-refractivity contribution in [1.29, 1.82) is 0 Å². The van der Waals surface area contributed by atoms with Crippen molar-refractivity contribution in [2.24, 2.45) is 0 Å². The van der Waals surface area contributed by atoms with E-state index in [1.165, 1.54) is 6.07 Å². The third kappa shape index (κ3) is 5.12. The van der Waals surface area contributed by atoms with E-state index in [1.54, 1.807) is 4.72 Å². The van der Waals surface area contributed by atoms with E-state index in [2.05, 4.69) is 9.72 Å². The highest BCUT2D eigenvalue weighted by Crippen LogP contribution is 2.19. The van der Waals surface area contributed by atoms with Gasteiger partial charge in [0.25, 0.3) is 0 Å². The van der Waals surface area contributed by atoms with Crippen LogP contribution in [-0.4, -0.2) is 38.4 Å². The maximum atomic E-state index is 12.0. The summed E-state index contributed by atoms with van der Waals surface area (Å²) in [6, 6.07) is 2.20. The summed E-state index contributed by atoms with van der Waals surface area (Å²) in [5.41, 5.74) is -0.0396. The van der Waals surface area contributed by atoms with Crippen LogP contribution in [0.4, 0.5) is 19.0 Å². The van der Waals surface area contributed by atoms with Gasteiger partial charge in [-0.3, -0.25) is 4.72 Å². The van der Waals surface area contributed by atoms with Crippen molar-refractivity contribution in [3.8, 4) is 0 Å². The molecule has 0 aromatic carbocycles. The molecule has 10 heteroatoms. The van der Waals surface area contributed by atoms with Gasteiger partial charge in [0, 0.05) is 6.20 Å². The topological polar surface area (TPSA) is 85.4 Å². The molecule has 0 unspecified atom stereocenters. The molecule has 1 N–H and O–H groups in total. The van der Waals surface area contributed by atoms with E-state index in [0.717, 1.165) is 19.4 Å². The fourth-order valence-electron chi connectivity index (χ4n) is 1.14. The molecule has 106 valence electrons. The highest BCUT2D eigenvalue weighted by molar-refractivity contribution is 7.92. The molecule has 1 heterocycles. The van der Waals surface area contributed by atoms with E-state index in [-0.39, 0.29) is 5.56 Å². The molecule has 0 saturated carbocycles. The van der Waals surface area contributed by atoms with Crippen LogP contribution in [-0.2, 0) is 14.8 Å². The molecule has 0 spiro atoms. The lowest BCUT2D eigenvalue weighted by molar-refractivity contribution is -0.106. The molecule has 0 bridgehead atoms. The zero-order valence-electron chi connectivity index (χ0n) is 9.56. The van der Waals surface area contributed by atoms with E-state index in [1.807, 2.05) is 0 Å². The molecule has 1 rings (SSSR count). The highest BCUT2D eigenvalue weighted by atomic mass is 32.2. The summed E-state index contributed by atoms with van der Waals surface area (Å²) in [6.07, 6.45) is -3.80. The zero-order chi connectivity index (χ0) is 14.7. The maximum Gasteiger partial charge on any atom is 0.404 e. The Labute approximate surface area is 106 Å². The number of esters is 1. The summed E-state index contributed by atoms with van der Waals surface area (Å²) in [5, 5.41) is 0. The first kappa shape index (κ1) is 15.2. The van der Waals surface area contributed by atoms with Crippen molar-refractivity contribution < 1.29 is 31.1 Å². The first-order valence-electron chi connectivity index (χ1n) is 4.74. The van der Waals surface area contributed by atoms with Crippen LogP contribution in [0, 0.1) is 0 Å². The van der Waals surface area contributed by atoms with Crippen LogP contribution >= 0.6 is 0 Å². The molecule has 0 amide bonds. The fourth-order valence-corrected chi connectivity index (χ4v) is 2.08. The molecule has 1 aromatic heterocycles. The number of nitrogens with zero attached hydrogens (tertiary/aromatic N) is 1. The van der Waals surface area contributed by atoms with Gasteiger partial charge in [-0.15, -0.1) is 0 Å². The van der Waals surface area contributed by atoms with Crippen LogP contribution in [0.2, 0.25) is 0 Å². The number of halogens is 3. The molecule has 6 nitrogen and oxygen atoms in total. The van der Waals surface area contributed by atoms with Gasteiger partial charge in [-0.05, 0) is 12.1 Å². The molecular formula is C9H9F3N2O4S. The van der Waals surface area contributed by atoms with Gasteiger partial charge in [0.2, 0.25) is 10.0 Å². The number of alkyl halides is 3. The van der Waals surface area contributed by atoms with Crippen molar-refractivity contribution in [3.63, 3.8) is 0 Å². The first-order valence-corrected chi connectivity index (χ1v) is 6.40. The monoisotopic (exact) mass is 298 g/mol. The van der Waals surface area contributed by atoms with Crippen LogP contribution in [0.15, 0.2) is 18.3 Å². The Bertz CT molecular complexity index is 571. The minimum Gasteiger partial charge on any atom is -0.465 e. The number of ether oxygens (including phenoxy) is 1. The standard InChI is InChI=1S/C9H9F3N2O4S/c1-18-8(15)6-2-3-13-7(4-6)14-19(16,17)5-9(10,11)12/h2-4H,5H2,1H3,(H,13,14). The van der Waals surface area contributed by atoms with E-state index < -0.39 is 33.7 Å². The Morgan fingerprint density at radius 2 is 2.11 bits per heavy atom. The van der Waals surface area contributed by atoms with Gasteiger partial charge in [-0.25, -0.2) is 18.2 Å². The van der Waals surface area contributed by atoms with Crippen molar-refractivity contribution in [2.45, 2.75) is 6.18 Å². The Balaban J connectivity index is 2.91. The molecule has 0 fully saturated rings. The number of rotatable bonds is 4. The minimum absolute atomic E-state index is 0.0396. The summed E-state index contributed by atoms with van der Waals surface area (Å²) in [6.45, 7) is 0. The van der Waals surface area contributed by atoms with Gasteiger partial charge in [0.1, 0.15) is 5.82 Å². The highest BCUT2D eigenvalue weighted by Gasteiger charge is 2.35. The second kappa shape index (κ2) is 5.43. The molecule has 1 aromatic rings. The Morgan fingerprint density at radius 1 is 1.47 bits per heavy atom. The Morgan fingerprint density at radius 3 is 2.63 bits per heavy atom. The molecule has 19 heavy (non-hydrogen) atoms. The second-order valence-electron chi connectivity index (χ2n) is 3.40. The van der Waals surface area contributed by atoms with Crippen LogP contribution in [0.5, 0.6) is 0 Å². The third-order valence-electron chi connectivity index (χ3n) is 1.79. The van der Waals surface area contributed by atoms with Crippen molar-refractivity contribution in [1.82, 2.24) is 4.98 Å². The van der Waals surface area contributed by atoms with Gasteiger partial charge < -0.3 is 4.74 Å². The van der Waals surface area contributed by atoms with Crippen molar-refractivity contribution in [3.05, 3.63) is 23.9 Å². The molecule has 0 atom stereocenters. The number of aromatic nitrogens is 1. The lowest BCUT2D eigenvalue weighted by Gasteiger charge is -2.09. The normalized spacial score (nSPS) is 12.0. The molecule has 0 saturated heterocycles. The first-order chi connectivity index (χ1) is 8.63. The third-order valence-corrected chi connectivity index (χ3v) is 3.02. The molecule has 0 aliphatic carbocycles. The van der Waals surface area contributed by atoms with Crippen molar-refractivity contribution in [2.75, 3.05) is 17.6 Å². The number of pyridine rings is 1. The summed E-state index contributed by atoms with van der Waals surface area (Å²) >= 11 is 0. The number of methoxy groups -OCH3 is 1. The van der Waals surface area contributed by atoms with E-state index >= 15 is 0 Å². The number of nitrogens with one attached hydrogen (secondary N) is 1. The van der Waals surface area contributed by atoms with Crippen LogP contribution in [0.1, 0.15) is 10.4 Å².